The van der Waals surface area contributed by atoms with Crippen molar-refractivity contribution in [2.75, 3.05) is 6.54 Å². The van der Waals surface area contributed by atoms with Crippen molar-refractivity contribution in [3.05, 3.63) is 64.4 Å². The number of rotatable bonds is 12. The molecule has 26 heavy (non-hydrogen) atoms. The van der Waals surface area contributed by atoms with E-state index in [2.05, 4.69) is 12.2 Å². The maximum Gasteiger partial charge on any atom is 0.131 e. The number of benzene rings is 2. The maximum absolute atomic E-state index is 13.9. The minimum absolute atomic E-state index is 0.125. The summed E-state index contributed by atoms with van der Waals surface area (Å²) in [5.74, 6) is 0.429. The molecule has 0 bridgehead atoms. The van der Waals surface area contributed by atoms with E-state index in [4.69, 9.17) is 16.3 Å². The highest BCUT2D eigenvalue weighted by atomic mass is 35.5. The monoisotopic (exact) mass is 377 g/mol. The summed E-state index contributed by atoms with van der Waals surface area (Å²) in [6.07, 6.45) is 7.75. The van der Waals surface area contributed by atoms with Crippen molar-refractivity contribution in [3.8, 4) is 5.75 Å². The van der Waals surface area contributed by atoms with Crippen LogP contribution in [0.15, 0.2) is 42.5 Å². The average molecular weight is 378 g/mol. The van der Waals surface area contributed by atoms with Crippen LogP contribution in [0.1, 0.15) is 56.6 Å². The molecule has 0 radical (unpaired) electrons. The van der Waals surface area contributed by atoms with E-state index >= 15 is 0 Å². The molecule has 0 spiro atoms. The zero-order valence-corrected chi connectivity index (χ0v) is 16.3. The first kappa shape index (κ1) is 20.7. The van der Waals surface area contributed by atoms with Crippen LogP contribution in [0.2, 0.25) is 5.02 Å². The topological polar surface area (TPSA) is 21.3 Å². The quantitative estimate of drug-likeness (QED) is 0.426. The molecule has 2 aromatic carbocycles. The van der Waals surface area contributed by atoms with Crippen LogP contribution in [0.25, 0.3) is 0 Å². The van der Waals surface area contributed by atoms with Crippen molar-refractivity contribution >= 4 is 11.6 Å². The molecule has 142 valence electrons. The van der Waals surface area contributed by atoms with Crippen molar-refractivity contribution < 1.29 is 9.13 Å². The summed E-state index contributed by atoms with van der Waals surface area (Å²) in [7, 11) is 0. The maximum atomic E-state index is 13.9. The van der Waals surface area contributed by atoms with Gasteiger partial charge in [0, 0.05) is 17.7 Å². The second-order valence-electron chi connectivity index (χ2n) is 6.54. The highest BCUT2D eigenvalue weighted by molar-refractivity contribution is 6.31. The van der Waals surface area contributed by atoms with E-state index in [1.54, 1.807) is 12.1 Å². The third-order valence-corrected chi connectivity index (χ3v) is 4.78. The van der Waals surface area contributed by atoms with E-state index in [-0.39, 0.29) is 12.4 Å². The molecule has 0 atom stereocenters. The number of hydrogen-bond acceptors (Lipinski definition) is 2. The van der Waals surface area contributed by atoms with Gasteiger partial charge in [0.2, 0.25) is 0 Å². The summed E-state index contributed by atoms with van der Waals surface area (Å²) in [5.41, 5.74) is 1.47. The van der Waals surface area contributed by atoms with Crippen LogP contribution in [0.5, 0.6) is 5.75 Å². The molecular formula is C22H29ClFNO. The van der Waals surface area contributed by atoms with Gasteiger partial charge in [0.05, 0.1) is 5.02 Å². The predicted octanol–water partition coefficient (Wildman–Crippen LogP) is 6.51. The largest absolute Gasteiger partial charge is 0.488 e. The van der Waals surface area contributed by atoms with Gasteiger partial charge in [-0.2, -0.15) is 0 Å². The smallest absolute Gasteiger partial charge is 0.131 e. The van der Waals surface area contributed by atoms with E-state index < -0.39 is 0 Å². The molecule has 0 unspecified atom stereocenters. The molecule has 0 aliphatic rings. The normalized spacial score (nSPS) is 10.9. The Morgan fingerprint density at radius 2 is 1.73 bits per heavy atom. The molecule has 0 saturated heterocycles. The first-order chi connectivity index (χ1) is 12.7. The Kier molecular flexibility index (Phi) is 9.51. The van der Waals surface area contributed by atoms with Crippen molar-refractivity contribution in [2.24, 2.45) is 0 Å². The second-order valence-corrected chi connectivity index (χ2v) is 6.95. The van der Waals surface area contributed by atoms with Crippen LogP contribution in [0, 0.1) is 5.82 Å². The standard InChI is InChI=1S/C22H29ClFNO/c1-2-3-4-5-6-9-15-25-16-18-11-7-8-14-22(18)26-17-19-20(23)12-10-13-21(19)24/h7-8,10-14,25H,2-6,9,15-17H2,1H3. The minimum atomic E-state index is -0.337. The Bertz CT molecular complexity index is 642. The first-order valence-corrected chi connectivity index (χ1v) is 9.94. The fraction of sp³-hybridized carbons (Fsp3) is 0.455. The molecule has 4 heteroatoms. The number of unbranched alkanes of at least 4 members (excludes halogenated alkanes) is 5. The summed E-state index contributed by atoms with van der Waals surface area (Å²) in [5, 5.41) is 3.87. The molecule has 0 aromatic heterocycles. The molecule has 0 aliphatic heterocycles. The highest BCUT2D eigenvalue weighted by Gasteiger charge is 2.09. The van der Waals surface area contributed by atoms with E-state index in [1.165, 1.54) is 44.6 Å². The van der Waals surface area contributed by atoms with Gasteiger partial charge in [0.15, 0.2) is 0 Å². The van der Waals surface area contributed by atoms with Gasteiger partial charge in [-0.05, 0) is 31.2 Å². The lowest BCUT2D eigenvalue weighted by Gasteiger charge is -2.13. The number of halogens is 2. The molecule has 2 nitrogen and oxygen atoms in total. The van der Waals surface area contributed by atoms with Crippen LogP contribution in [0.4, 0.5) is 4.39 Å². The Hall–Kier alpha value is -1.58. The Morgan fingerprint density at radius 3 is 2.54 bits per heavy atom. The number of hydrogen-bond donors (Lipinski definition) is 1. The van der Waals surface area contributed by atoms with Crippen LogP contribution in [0.3, 0.4) is 0 Å². The molecular weight excluding hydrogens is 349 g/mol. The van der Waals surface area contributed by atoms with Crippen LogP contribution in [-0.2, 0) is 13.2 Å². The number of para-hydroxylation sites is 1. The van der Waals surface area contributed by atoms with Crippen molar-refractivity contribution in [1.29, 1.82) is 0 Å². The molecule has 1 N–H and O–H groups in total. The van der Waals surface area contributed by atoms with Crippen molar-refractivity contribution in [3.63, 3.8) is 0 Å². The van der Waals surface area contributed by atoms with Crippen LogP contribution >= 0.6 is 11.6 Å². The molecule has 0 amide bonds. The summed E-state index contributed by atoms with van der Waals surface area (Å²) in [4.78, 5) is 0. The minimum Gasteiger partial charge on any atom is -0.488 e. The fourth-order valence-electron chi connectivity index (χ4n) is 2.86. The summed E-state index contributed by atoms with van der Waals surface area (Å²) in [6, 6.07) is 12.5. The van der Waals surface area contributed by atoms with Crippen molar-refractivity contribution in [1.82, 2.24) is 5.32 Å². The molecule has 0 saturated carbocycles. The van der Waals surface area contributed by atoms with Crippen molar-refractivity contribution in [2.45, 2.75) is 58.6 Å². The van der Waals surface area contributed by atoms with Gasteiger partial charge < -0.3 is 10.1 Å². The molecule has 2 aromatic rings. The number of nitrogens with one attached hydrogen (secondary N) is 1. The van der Waals surface area contributed by atoms with Gasteiger partial charge in [-0.3, -0.25) is 0 Å². The van der Waals surface area contributed by atoms with E-state index in [9.17, 15) is 4.39 Å². The molecule has 2 rings (SSSR count). The second kappa shape index (κ2) is 11.9. The first-order valence-electron chi connectivity index (χ1n) is 9.56. The van der Waals surface area contributed by atoms with Crippen LogP contribution in [-0.4, -0.2) is 6.54 Å². The fourth-order valence-corrected chi connectivity index (χ4v) is 3.08. The summed E-state index contributed by atoms with van der Waals surface area (Å²) in [6.45, 7) is 4.11. The zero-order chi connectivity index (χ0) is 18.6. The molecule has 0 heterocycles. The Balaban J connectivity index is 1.78. The van der Waals surface area contributed by atoms with Gasteiger partial charge in [-0.15, -0.1) is 0 Å². The summed E-state index contributed by atoms with van der Waals surface area (Å²) >= 11 is 6.07. The van der Waals surface area contributed by atoms with Gasteiger partial charge in [-0.1, -0.05) is 74.9 Å². The molecule has 0 aliphatic carbocycles. The Morgan fingerprint density at radius 1 is 0.962 bits per heavy atom. The lowest BCUT2D eigenvalue weighted by Crippen LogP contribution is -2.15. The highest BCUT2D eigenvalue weighted by Crippen LogP contribution is 2.23. The third-order valence-electron chi connectivity index (χ3n) is 4.43. The lowest BCUT2D eigenvalue weighted by molar-refractivity contribution is 0.296. The lowest BCUT2D eigenvalue weighted by atomic mass is 10.1. The summed E-state index contributed by atoms with van der Waals surface area (Å²) < 4.78 is 19.7. The SMILES string of the molecule is CCCCCCCCNCc1ccccc1OCc1c(F)cccc1Cl. The predicted molar refractivity (Wildman–Crippen MR) is 107 cm³/mol. The van der Waals surface area contributed by atoms with Gasteiger partial charge >= 0.3 is 0 Å². The zero-order valence-electron chi connectivity index (χ0n) is 15.6. The van der Waals surface area contributed by atoms with E-state index in [1.807, 2.05) is 24.3 Å². The Labute approximate surface area is 161 Å². The average Bonchev–Trinajstić information content (AvgIpc) is 2.64. The van der Waals surface area contributed by atoms with Gasteiger partial charge in [0.1, 0.15) is 18.2 Å². The number of ether oxygens (including phenoxy) is 1. The van der Waals surface area contributed by atoms with E-state index in [0.717, 1.165) is 24.4 Å². The molecule has 0 fully saturated rings. The van der Waals surface area contributed by atoms with Gasteiger partial charge in [0.25, 0.3) is 0 Å². The van der Waals surface area contributed by atoms with E-state index in [0.29, 0.717) is 10.6 Å². The third kappa shape index (κ3) is 6.97. The van der Waals surface area contributed by atoms with Gasteiger partial charge in [-0.25, -0.2) is 4.39 Å². The van der Waals surface area contributed by atoms with Crippen LogP contribution < -0.4 is 10.1 Å².